The molecule has 1 atom stereocenters. The highest BCUT2D eigenvalue weighted by atomic mass is 32.2. The number of hydrogen-bond donors (Lipinski definition) is 1. The number of rotatable bonds is 15. The lowest BCUT2D eigenvalue weighted by Gasteiger charge is -2.19. The summed E-state index contributed by atoms with van der Waals surface area (Å²) in [7, 11) is -3.73. The van der Waals surface area contributed by atoms with E-state index in [1.807, 2.05) is 62.4 Å². The predicted molar refractivity (Wildman–Crippen MR) is 174 cm³/mol. The number of hydrogen-bond acceptors (Lipinski definition) is 7. The summed E-state index contributed by atoms with van der Waals surface area (Å²) in [5.41, 5.74) is 2.45. The molecule has 8 nitrogen and oxygen atoms in total. The maximum absolute atomic E-state index is 12.9. The second-order valence-electron chi connectivity index (χ2n) is 10.5. The van der Waals surface area contributed by atoms with Crippen LogP contribution >= 0.6 is 0 Å². The fraction of sp³-hybridized carbons (Fsp3) is 0.222. The van der Waals surface area contributed by atoms with E-state index in [-0.39, 0.29) is 30.0 Å². The van der Waals surface area contributed by atoms with E-state index in [9.17, 15) is 18.0 Å². The second kappa shape index (κ2) is 16.3. The monoisotopic (exact) mass is 627 g/mol. The molecule has 4 aromatic carbocycles. The first-order valence-corrected chi connectivity index (χ1v) is 16.2. The Bertz CT molecular complexity index is 1690. The van der Waals surface area contributed by atoms with Crippen LogP contribution in [0, 0.1) is 0 Å². The van der Waals surface area contributed by atoms with E-state index in [2.05, 4.69) is 4.72 Å². The summed E-state index contributed by atoms with van der Waals surface area (Å²) in [6, 6.07) is 31.3. The third-order valence-electron chi connectivity index (χ3n) is 6.55. The molecule has 1 N–H and O–H groups in total. The molecule has 0 aliphatic rings. The number of sulfonamides is 1. The van der Waals surface area contributed by atoms with Gasteiger partial charge in [0, 0.05) is 18.5 Å². The average Bonchev–Trinajstić information content (AvgIpc) is 3.03. The lowest BCUT2D eigenvalue weighted by molar-refractivity contribution is -0.147. The third kappa shape index (κ3) is 10.7. The molecule has 0 saturated carbocycles. The summed E-state index contributed by atoms with van der Waals surface area (Å²) in [5, 5.41) is 0. The topological polar surface area (TPSA) is 108 Å². The largest absolute Gasteiger partial charge is 0.489 e. The van der Waals surface area contributed by atoms with Crippen molar-refractivity contribution in [1.29, 1.82) is 0 Å². The van der Waals surface area contributed by atoms with Crippen LogP contribution in [0.4, 0.5) is 5.69 Å². The Morgan fingerprint density at radius 2 is 1.51 bits per heavy atom. The third-order valence-corrected chi connectivity index (χ3v) is 7.94. The number of nitrogens with one attached hydrogen (secondary N) is 1. The van der Waals surface area contributed by atoms with E-state index in [4.69, 9.17) is 14.2 Å². The van der Waals surface area contributed by atoms with E-state index < -0.39 is 22.1 Å². The standard InChI is InChI=1S/C36H37NO7S/c1-27(2)43-35(38)24-23-29-15-9-10-22-34(29)42-26-32(44-36(39)30-16-5-3-6-17-30)19-12-14-28-13-11-18-31(25-28)37-45(40,41)33-20-7-4-8-21-33/h3-18,20-22,25,27,32,37H,19,23-24,26H2,1-2H3. The highest BCUT2D eigenvalue weighted by molar-refractivity contribution is 7.92. The zero-order valence-electron chi connectivity index (χ0n) is 25.3. The van der Waals surface area contributed by atoms with Crippen molar-refractivity contribution < 1.29 is 32.2 Å². The van der Waals surface area contributed by atoms with E-state index in [1.165, 1.54) is 12.1 Å². The van der Waals surface area contributed by atoms with Gasteiger partial charge in [-0.2, -0.15) is 0 Å². The molecule has 0 saturated heterocycles. The van der Waals surface area contributed by atoms with E-state index in [0.29, 0.717) is 29.8 Å². The molecule has 0 amide bonds. The number of anilines is 1. The summed E-state index contributed by atoms with van der Waals surface area (Å²) in [6.45, 7) is 3.70. The molecule has 0 aromatic heterocycles. The van der Waals surface area contributed by atoms with Crippen LogP contribution in [-0.4, -0.2) is 39.2 Å². The normalized spacial score (nSPS) is 12.1. The molecule has 1 unspecified atom stereocenters. The van der Waals surface area contributed by atoms with E-state index in [1.54, 1.807) is 60.7 Å². The van der Waals surface area contributed by atoms with Crippen LogP contribution in [0.3, 0.4) is 0 Å². The number of aryl methyl sites for hydroxylation is 1. The van der Waals surface area contributed by atoms with Crippen molar-refractivity contribution in [1.82, 2.24) is 0 Å². The van der Waals surface area contributed by atoms with Crippen molar-refractivity contribution in [2.45, 2.75) is 50.2 Å². The SMILES string of the molecule is CC(C)OC(=O)CCc1ccccc1OCC(CC=Cc1cccc(NS(=O)(=O)c2ccccc2)c1)OC(=O)c1ccccc1. The van der Waals surface area contributed by atoms with Gasteiger partial charge in [-0.25, -0.2) is 13.2 Å². The number of para-hydroxylation sites is 1. The van der Waals surface area contributed by atoms with Crippen molar-refractivity contribution in [3.05, 3.63) is 132 Å². The molecule has 234 valence electrons. The number of ether oxygens (including phenoxy) is 3. The first kappa shape index (κ1) is 33.0. The molecular weight excluding hydrogens is 590 g/mol. The van der Waals surface area contributed by atoms with Gasteiger partial charge in [0.05, 0.1) is 16.6 Å². The predicted octanol–water partition coefficient (Wildman–Crippen LogP) is 7.08. The molecule has 45 heavy (non-hydrogen) atoms. The van der Waals surface area contributed by atoms with Crippen LogP contribution in [0.15, 0.2) is 120 Å². The van der Waals surface area contributed by atoms with Gasteiger partial charge in [0.1, 0.15) is 18.5 Å². The Kier molecular flexibility index (Phi) is 11.9. The molecule has 0 heterocycles. The molecule has 0 aliphatic heterocycles. The Balaban J connectivity index is 1.44. The minimum Gasteiger partial charge on any atom is -0.489 e. The molecule has 0 fully saturated rings. The molecule has 0 bridgehead atoms. The summed E-state index contributed by atoms with van der Waals surface area (Å²) < 4.78 is 45.3. The zero-order chi connectivity index (χ0) is 32.1. The summed E-state index contributed by atoms with van der Waals surface area (Å²) in [5.74, 6) is -0.158. The van der Waals surface area contributed by atoms with Crippen LogP contribution in [-0.2, 0) is 30.7 Å². The van der Waals surface area contributed by atoms with Crippen molar-refractivity contribution >= 4 is 33.7 Å². The average molecular weight is 628 g/mol. The molecule has 0 spiro atoms. The van der Waals surface area contributed by atoms with Crippen LogP contribution in [0.5, 0.6) is 5.75 Å². The fourth-order valence-corrected chi connectivity index (χ4v) is 5.48. The van der Waals surface area contributed by atoms with Gasteiger partial charge in [0.15, 0.2) is 0 Å². The van der Waals surface area contributed by atoms with Crippen LogP contribution < -0.4 is 9.46 Å². The molecule has 9 heteroatoms. The Morgan fingerprint density at radius 1 is 0.822 bits per heavy atom. The lowest BCUT2D eigenvalue weighted by atomic mass is 10.1. The lowest BCUT2D eigenvalue weighted by Crippen LogP contribution is -2.25. The molecule has 0 aliphatic carbocycles. The maximum Gasteiger partial charge on any atom is 0.338 e. The Hall–Kier alpha value is -4.89. The minimum absolute atomic E-state index is 0.0767. The van der Waals surface area contributed by atoms with Crippen molar-refractivity contribution in [2.75, 3.05) is 11.3 Å². The summed E-state index contributed by atoms with van der Waals surface area (Å²) in [4.78, 5) is 25.2. The maximum atomic E-state index is 12.9. The molecular formula is C36H37NO7S. The summed E-state index contributed by atoms with van der Waals surface area (Å²) in [6.07, 6.45) is 3.87. The molecule has 4 rings (SSSR count). The van der Waals surface area contributed by atoms with Crippen LogP contribution in [0.2, 0.25) is 0 Å². The van der Waals surface area contributed by atoms with Crippen LogP contribution in [0.25, 0.3) is 6.08 Å². The van der Waals surface area contributed by atoms with Gasteiger partial charge < -0.3 is 14.2 Å². The minimum atomic E-state index is -3.73. The van der Waals surface area contributed by atoms with Gasteiger partial charge in [-0.1, -0.05) is 78.9 Å². The highest BCUT2D eigenvalue weighted by Crippen LogP contribution is 2.22. The van der Waals surface area contributed by atoms with E-state index >= 15 is 0 Å². The van der Waals surface area contributed by atoms with Crippen LogP contribution in [0.1, 0.15) is 48.2 Å². The van der Waals surface area contributed by atoms with Gasteiger partial charge >= 0.3 is 11.9 Å². The summed E-state index contributed by atoms with van der Waals surface area (Å²) >= 11 is 0. The van der Waals surface area contributed by atoms with Gasteiger partial charge in [-0.3, -0.25) is 9.52 Å². The van der Waals surface area contributed by atoms with Gasteiger partial charge in [0.2, 0.25) is 0 Å². The quantitative estimate of drug-likeness (QED) is 0.140. The number of esters is 2. The van der Waals surface area contributed by atoms with Gasteiger partial charge in [-0.15, -0.1) is 0 Å². The van der Waals surface area contributed by atoms with Gasteiger partial charge in [-0.05, 0) is 73.9 Å². The molecule has 0 radical (unpaired) electrons. The first-order chi connectivity index (χ1) is 21.7. The number of carbonyl (C=O) groups excluding carboxylic acids is 2. The first-order valence-electron chi connectivity index (χ1n) is 14.7. The highest BCUT2D eigenvalue weighted by Gasteiger charge is 2.18. The smallest absolute Gasteiger partial charge is 0.338 e. The molecule has 4 aromatic rings. The Labute approximate surface area is 264 Å². The number of carbonyl (C=O) groups is 2. The zero-order valence-corrected chi connectivity index (χ0v) is 26.1. The number of benzene rings is 4. The van der Waals surface area contributed by atoms with Gasteiger partial charge in [0.25, 0.3) is 10.0 Å². The van der Waals surface area contributed by atoms with Crippen molar-refractivity contribution in [3.8, 4) is 5.75 Å². The van der Waals surface area contributed by atoms with E-state index in [0.717, 1.165) is 11.1 Å². The van der Waals surface area contributed by atoms with Crippen molar-refractivity contribution in [3.63, 3.8) is 0 Å². The second-order valence-corrected chi connectivity index (χ2v) is 12.2. The fourth-order valence-electron chi connectivity index (χ4n) is 4.41. The van der Waals surface area contributed by atoms with Crippen molar-refractivity contribution in [2.24, 2.45) is 0 Å². The Morgan fingerprint density at radius 3 is 2.24 bits per heavy atom.